The highest BCUT2D eigenvalue weighted by atomic mass is 32.2. The fraction of sp³-hybridized carbons (Fsp3) is 0.500. The van der Waals surface area contributed by atoms with Crippen molar-refractivity contribution in [1.82, 2.24) is 9.88 Å². The van der Waals surface area contributed by atoms with Gasteiger partial charge in [0.2, 0.25) is 5.91 Å². The first-order valence-corrected chi connectivity index (χ1v) is 9.86. The van der Waals surface area contributed by atoms with Crippen molar-refractivity contribution in [3.63, 3.8) is 0 Å². The van der Waals surface area contributed by atoms with E-state index in [-0.39, 0.29) is 5.91 Å². The number of thioether (sulfide) groups is 1. The van der Waals surface area contributed by atoms with E-state index in [2.05, 4.69) is 45.0 Å². The summed E-state index contributed by atoms with van der Waals surface area (Å²) in [4.78, 5) is 19.2. The first-order valence-electron chi connectivity index (χ1n) is 8.87. The van der Waals surface area contributed by atoms with E-state index in [1.165, 1.54) is 17.4 Å². The summed E-state index contributed by atoms with van der Waals surface area (Å²) >= 11 is 1.57. The van der Waals surface area contributed by atoms with E-state index in [0.29, 0.717) is 11.7 Å². The highest BCUT2D eigenvalue weighted by Gasteiger charge is 2.21. The fourth-order valence-corrected chi connectivity index (χ4v) is 4.21. The molecule has 2 heterocycles. The Morgan fingerprint density at radius 1 is 1.38 bits per heavy atom. The standard InChI is InChI=1S/C20H26N2OS/c1-4-16-7-8-18-17(11-16)10-15(3)20(21-18)24-13-19(23)22-9-5-6-14(2)12-22/h7-8,10-11,14H,4-6,9,12-13H2,1-3H3/t14-/m0/s1. The highest BCUT2D eigenvalue weighted by molar-refractivity contribution is 7.99. The van der Waals surface area contributed by atoms with Gasteiger partial charge in [0.15, 0.2) is 0 Å². The van der Waals surface area contributed by atoms with Crippen molar-refractivity contribution in [1.29, 1.82) is 0 Å². The maximum absolute atomic E-state index is 12.5. The van der Waals surface area contributed by atoms with Crippen LogP contribution in [0.5, 0.6) is 0 Å². The first kappa shape index (κ1) is 17.3. The van der Waals surface area contributed by atoms with Crippen LogP contribution in [0.2, 0.25) is 0 Å². The van der Waals surface area contributed by atoms with E-state index in [0.717, 1.165) is 42.0 Å². The van der Waals surface area contributed by atoms with Gasteiger partial charge >= 0.3 is 0 Å². The molecule has 0 saturated carbocycles. The Morgan fingerprint density at radius 3 is 2.96 bits per heavy atom. The van der Waals surface area contributed by atoms with Gasteiger partial charge in [-0.2, -0.15) is 0 Å². The van der Waals surface area contributed by atoms with Crippen LogP contribution in [0, 0.1) is 12.8 Å². The van der Waals surface area contributed by atoms with Gasteiger partial charge in [-0.3, -0.25) is 4.79 Å². The fourth-order valence-electron chi connectivity index (χ4n) is 3.32. The molecule has 0 N–H and O–H groups in total. The quantitative estimate of drug-likeness (QED) is 0.769. The van der Waals surface area contributed by atoms with E-state index in [4.69, 9.17) is 4.98 Å². The number of hydrogen-bond acceptors (Lipinski definition) is 3. The SMILES string of the molecule is CCc1ccc2nc(SCC(=O)N3CCC[C@H](C)C3)c(C)cc2c1. The number of fused-ring (bicyclic) bond motifs is 1. The van der Waals surface area contributed by atoms with Gasteiger partial charge in [0, 0.05) is 18.5 Å². The predicted molar refractivity (Wildman–Crippen MR) is 102 cm³/mol. The number of aromatic nitrogens is 1. The van der Waals surface area contributed by atoms with Gasteiger partial charge in [-0.1, -0.05) is 31.7 Å². The minimum Gasteiger partial charge on any atom is -0.342 e. The Morgan fingerprint density at radius 2 is 2.21 bits per heavy atom. The first-order chi connectivity index (χ1) is 11.6. The Hall–Kier alpha value is -1.55. The van der Waals surface area contributed by atoms with Gasteiger partial charge < -0.3 is 4.90 Å². The summed E-state index contributed by atoms with van der Waals surface area (Å²) in [6, 6.07) is 8.63. The molecular weight excluding hydrogens is 316 g/mol. The molecule has 1 aromatic carbocycles. The molecule has 24 heavy (non-hydrogen) atoms. The summed E-state index contributed by atoms with van der Waals surface area (Å²) in [7, 11) is 0. The molecule has 0 bridgehead atoms. The average Bonchev–Trinajstić information content (AvgIpc) is 2.59. The van der Waals surface area contributed by atoms with E-state index >= 15 is 0 Å². The summed E-state index contributed by atoms with van der Waals surface area (Å²) in [6.45, 7) is 8.29. The summed E-state index contributed by atoms with van der Waals surface area (Å²) in [5.41, 5.74) is 3.50. The van der Waals surface area contributed by atoms with Crippen molar-refractivity contribution in [2.24, 2.45) is 5.92 Å². The zero-order valence-corrected chi connectivity index (χ0v) is 15.7. The third-order valence-electron chi connectivity index (χ3n) is 4.77. The minimum atomic E-state index is 0.245. The minimum absolute atomic E-state index is 0.245. The van der Waals surface area contributed by atoms with Crippen LogP contribution in [0.4, 0.5) is 0 Å². The summed E-state index contributed by atoms with van der Waals surface area (Å²) in [5, 5.41) is 2.16. The van der Waals surface area contributed by atoms with E-state index < -0.39 is 0 Å². The van der Waals surface area contributed by atoms with Crippen molar-refractivity contribution < 1.29 is 4.79 Å². The number of carbonyl (C=O) groups is 1. The summed E-state index contributed by atoms with van der Waals surface area (Å²) in [6.07, 6.45) is 3.40. The van der Waals surface area contributed by atoms with Crippen LogP contribution >= 0.6 is 11.8 Å². The lowest BCUT2D eigenvalue weighted by Gasteiger charge is -2.30. The Bertz CT molecular complexity index is 744. The van der Waals surface area contributed by atoms with Gasteiger partial charge in [-0.15, -0.1) is 0 Å². The monoisotopic (exact) mass is 342 g/mol. The molecule has 2 aromatic rings. The molecule has 3 nitrogen and oxygen atoms in total. The van der Waals surface area contributed by atoms with Gasteiger partial charge in [-0.25, -0.2) is 4.98 Å². The van der Waals surface area contributed by atoms with Gasteiger partial charge in [0.05, 0.1) is 11.3 Å². The summed E-state index contributed by atoms with van der Waals surface area (Å²) in [5.74, 6) is 1.36. The molecule has 0 aliphatic carbocycles. The lowest BCUT2D eigenvalue weighted by atomic mass is 10.0. The highest BCUT2D eigenvalue weighted by Crippen LogP contribution is 2.26. The molecule has 0 unspecified atom stereocenters. The molecule has 1 fully saturated rings. The molecule has 1 aliphatic rings. The molecule has 3 rings (SSSR count). The zero-order chi connectivity index (χ0) is 17.1. The number of amides is 1. The third-order valence-corrected chi connectivity index (χ3v) is 5.85. The number of hydrogen-bond donors (Lipinski definition) is 0. The van der Waals surface area contributed by atoms with Gasteiger partial charge in [0.1, 0.15) is 5.03 Å². The molecule has 1 amide bonds. The van der Waals surface area contributed by atoms with Crippen LogP contribution in [0.25, 0.3) is 10.9 Å². The third kappa shape index (κ3) is 3.92. The van der Waals surface area contributed by atoms with Crippen LogP contribution in [-0.2, 0) is 11.2 Å². The van der Waals surface area contributed by atoms with E-state index in [9.17, 15) is 4.79 Å². The van der Waals surface area contributed by atoms with Crippen LogP contribution in [0.1, 0.15) is 37.8 Å². The van der Waals surface area contributed by atoms with Crippen LogP contribution < -0.4 is 0 Å². The molecule has 1 aliphatic heterocycles. The van der Waals surface area contributed by atoms with Crippen molar-refractivity contribution in [2.45, 2.75) is 45.1 Å². The molecule has 4 heteroatoms. The maximum atomic E-state index is 12.5. The van der Waals surface area contributed by atoms with Crippen molar-refractivity contribution in [2.75, 3.05) is 18.8 Å². The molecule has 0 radical (unpaired) electrons. The second-order valence-corrected chi connectivity index (χ2v) is 7.83. The molecule has 1 atom stereocenters. The number of pyridine rings is 1. The lowest BCUT2D eigenvalue weighted by molar-refractivity contribution is -0.130. The van der Waals surface area contributed by atoms with Gasteiger partial charge in [-0.05, 0) is 61.4 Å². The topological polar surface area (TPSA) is 33.2 Å². The number of nitrogens with zero attached hydrogens (tertiary/aromatic N) is 2. The number of aryl methyl sites for hydroxylation is 2. The molecule has 0 spiro atoms. The van der Waals surface area contributed by atoms with Crippen molar-refractivity contribution >= 4 is 28.6 Å². The second-order valence-electron chi connectivity index (χ2n) is 6.87. The zero-order valence-electron chi connectivity index (χ0n) is 14.8. The number of benzene rings is 1. The Balaban J connectivity index is 1.70. The number of piperidine rings is 1. The van der Waals surface area contributed by atoms with Gasteiger partial charge in [0.25, 0.3) is 0 Å². The van der Waals surface area contributed by atoms with Crippen LogP contribution in [0.15, 0.2) is 29.3 Å². The Labute approximate surface area is 148 Å². The number of rotatable bonds is 4. The number of likely N-dealkylation sites (tertiary alicyclic amines) is 1. The second kappa shape index (κ2) is 7.56. The maximum Gasteiger partial charge on any atom is 0.232 e. The molecular formula is C20H26N2OS. The van der Waals surface area contributed by atoms with Crippen molar-refractivity contribution in [3.8, 4) is 0 Å². The number of carbonyl (C=O) groups excluding carboxylic acids is 1. The predicted octanol–water partition coefficient (Wildman–Crippen LogP) is 4.46. The lowest BCUT2D eigenvalue weighted by Crippen LogP contribution is -2.40. The van der Waals surface area contributed by atoms with E-state index in [1.54, 1.807) is 11.8 Å². The van der Waals surface area contributed by atoms with E-state index in [1.807, 2.05) is 4.90 Å². The van der Waals surface area contributed by atoms with Crippen LogP contribution in [0.3, 0.4) is 0 Å². The Kier molecular flexibility index (Phi) is 5.44. The molecule has 1 saturated heterocycles. The average molecular weight is 343 g/mol. The molecule has 128 valence electrons. The largest absolute Gasteiger partial charge is 0.342 e. The normalized spacial score (nSPS) is 18.1. The smallest absolute Gasteiger partial charge is 0.232 e. The molecule has 1 aromatic heterocycles. The van der Waals surface area contributed by atoms with Crippen molar-refractivity contribution in [3.05, 3.63) is 35.4 Å². The summed E-state index contributed by atoms with van der Waals surface area (Å²) < 4.78 is 0. The van der Waals surface area contributed by atoms with Crippen LogP contribution in [-0.4, -0.2) is 34.6 Å².